The lowest BCUT2D eigenvalue weighted by molar-refractivity contribution is -0.117. The van der Waals surface area contributed by atoms with Gasteiger partial charge in [-0.1, -0.05) is 26.0 Å². The zero-order valence-corrected chi connectivity index (χ0v) is 19.4. The van der Waals surface area contributed by atoms with E-state index in [0.29, 0.717) is 37.3 Å². The van der Waals surface area contributed by atoms with Gasteiger partial charge in [0.2, 0.25) is 15.9 Å². The number of amidine groups is 1. The Morgan fingerprint density at radius 1 is 1.16 bits per heavy atom. The number of nitrogens with one attached hydrogen (secondary N) is 1. The van der Waals surface area contributed by atoms with Gasteiger partial charge in [-0.05, 0) is 42.3 Å². The lowest BCUT2D eigenvalue weighted by atomic mass is 10.2. The van der Waals surface area contributed by atoms with Crippen molar-refractivity contribution in [1.29, 1.82) is 0 Å². The van der Waals surface area contributed by atoms with Gasteiger partial charge in [-0.25, -0.2) is 16.8 Å². The Morgan fingerprint density at radius 3 is 2.59 bits per heavy atom. The van der Waals surface area contributed by atoms with Gasteiger partial charge in [0.1, 0.15) is 12.4 Å². The van der Waals surface area contributed by atoms with E-state index in [9.17, 15) is 21.6 Å². The van der Waals surface area contributed by atoms with Crippen LogP contribution in [0.3, 0.4) is 0 Å². The number of nitrogens with zero attached hydrogens (tertiary/aromatic N) is 3. The SMILES string of the molecule is CCN(CC)S(=O)(=O)c1ccc2c(c1)CCN2C(=O)CN=C1NS(=O)(=O)c2ccccc21. The molecule has 2 aliphatic rings. The van der Waals surface area contributed by atoms with Gasteiger partial charge in [0.15, 0.2) is 0 Å². The van der Waals surface area contributed by atoms with E-state index in [4.69, 9.17) is 0 Å². The molecule has 11 heteroatoms. The lowest BCUT2D eigenvalue weighted by Gasteiger charge is -2.20. The van der Waals surface area contributed by atoms with Crippen molar-refractivity contribution in [2.24, 2.45) is 4.99 Å². The van der Waals surface area contributed by atoms with Crippen LogP contribution in [0.5, 0.6) is 0 Å². The van der Waals surface area contributed by atoms with Crippen molar-refractivity contribution in [3.63, 3.8) is 0 Å². The third kappa shape index (κ3) is 3.80. The van der Waals surface area contributed by atoms with Gasteiger partial charge >= 0.3 is 0 Å². The molecule has 0 aromatic heterocycles. The molecule has 0 bridgehead atoms. The number of fused-ring (bicyclic) bond motifs is 2. The molecule has 170 valence electrons. The second kappa shape index (κ2) is 8.30. The zero-order chi connectivity index (χ0) is 23.1. The highest BCUT2D eigenvalue weighted by atomic mass is 32.2. The highest BCUT2D eigenvalue weighted by molar-refractivity contribution is 7.90. The second-order valence-electron chi connectivity index (χ2n) is 7.44. The number of carbonyl (C=O) groups excluding carboxylic acids is 1. The van der Waals surface area contributed by atoms with Gasteiger partial charge in [-0.2, -0.15) is 4.31 Å². The van der Waals surface area contributed by atoms with E-state index in [1.807, 2.05) is 0 Å². The summed E-state index contributed by atoms with van der Waals surface area (Å²) in [4.78, 5) is 19.0. The molecule has 2 aliphatic heterocycles. The van der Waals surface area contributed by atoms with Crippen LogP contribution in [-0.4, -0.2) is 59.1 Å². The van der Waals surface area contributed by atoms with Crippen molar-refractivity contribution in [2.45, 2.75) is 30.1 Å². The summed E-state index contributed by atoms with van der Waals surface area (Å²) < 4.78 is 53.7. The van der Waals surface area contributed by atoms with Gasteiger partial charge < -0.3 is 4.90 Å². The van der Waals surface area contributed by atoms with Crippen LogP contribution >= 0.6 is 0 Å². The maximum Gasteiger partial charge on any atom is 0.263 e. The standard InChI is InChI=1S/C21H24N4O5S2/c1-3-24(4-2)32(29,30)16-9-10-18-15(13-16)11-12-25(18)20(26)14-22-21-17-7-5-6-8-19(17)31(27,28)23-21/h5-10,13H,3-4,11-12,14H2,1-2H3,(H,22,23). The first-order valence-corrected chi connectivity index (χ1v) is 13.2. The Kier molecular flexibility index (Phi) is 5.82. The number of hydrogen-bond acceptors (Lipinski definition) is 6. The molecule has 9 nitrogen and oxygen atoms in total. The van der Waals surface area contributed by atoms with E-state index in [2.05, 4.69) is 9.71 Å². The summed E-state index contributed by atoms with van der Waals surface area (Å²) >= 11 is 0. The summed E-state index contributed by atoms with van der Waals surface area (Å²) in [5, 5.41) is 0. The van der Waals surface area contributed by atoms with Crippen LogP contribution < -0.4 is 9.62 Å². The Balaban J connectivity index is 1.55. The number of rotatable bonds is 6. The first-order chi connectivity index (χ1) is 15.2. The first kappa shape index (κ1) is 22.4. The van der Waals surface area contributed by atoms with Crippen LogP contribution in [0, 0.1) is 0 Å². The number of carbonyl (C=O) groups is 1. The highest BCUT2D eigenvalue weighted by Gasteiger charge is 2.31. The predicted octanol–water partition coefficient (Wildman–Crippen LogP) is 1.34. The van der Waals surface area contributed by atoms with Gasteiger partial charge in [0.05, 0.1) is 9.79 Å². The molecule has 0 fully saturated rings. The normalized spacial score (nSPS) is 18.0. The summed E-state index contributed by atoms with van der Waals surface area (Å²) in [6, 6.07) is 11.3. The second-order valence-corrected chi connectivity index (χ2v) is 11.0. The molecule has 2 aromatic rings. The molecule has 0 aliphatic carbocycles. The monoisotopic (exact) mass is 476 g/mol. The largest absolute Gasteiger partial charge is 0.310 e. The highest BCUT2D eigenvalue weighted by Crippen LogP contribution is 2.31. The van der Waals surface area contributed by atoms with E-state index in [1.54, 1.807) is 49.1 Å². The van der Waals surface area contributed by atoms with Crippen molar-refractivity contribution in [3.8, 4) is 0 Å². The molecular weight excluding hydrogens is 452 g/mol. The number of amides is 1. The molecule has 2 aromatic carbocycles. The number of benzene rings is 2. The first-order valence-electron chi connectivity index (χ1n) is 10.3. The van der Waals surface area contributed by atoms with Crippen LogP contribution in [-0.2, 0) is 31.3 Å². The van der Waals surface area contributed by atoms with Crippen LogP contribution in [0.2, 0.25) is 0 Å². The van der Waals surface area contributed by atoms with Crippen molar-refractivity contribution in [2.75, 3.05) is 31.1 Å². The van der Waals surface area contributed by atoms with E-state index >= 15 is 0 Å². The molecular formula is C21H24N4O5S2. The van der Waals surface area contributed by atoms with E-state index in [1.165, 1.54) is 16.4 Å². The minimum Gasteiger partial charge on any atom is -0.310 e. The van der Waals surface area contributed by atoms with Crippen LogP contribution in [0.25, 0.3) is 0 Å². The zero-order valence-electron chi connectivity index (χ0n) is 17.8. The van der Waals surface area contributed by atoms with Gasteiger partial charge in [0.25, 0.3) is 10.0 Å². The van der Waals surface area contributed by atoms with Crippen LogP contribution in [0.1, 0.15) is 25.0 Å². The molecule has 2 heterocycles. The molecule has 0 unspecified atom stereocenters. The number of anilines is 1. The fourth-order valence-electron chi connectivity index (χ4n) is 3.99. The maximum atomic E-state index is 12.8. The van der Waals surface area contributed by atoms with Crippen molar-refractivity contribution < 1.29 is 21.6 Å². The van der Waals surface area contributed by atoms with E-state index in [0.717, 1.165) is 5.56 Å². The molecule has 0 saturated heterocycles. The fourth-order valence-corrected chi connectivity index (χ4v) is 6.75. The minimum absolute atomic E-state index is 0.139. The summed E-state index contributed by atoms with van der Waals surface area (Å²) in [6.45, 7) is 4.53. The maximum absolute atomic E-state index is 12.8. The van der Waals surface area contributed by atoms with Gasteiger partial charge in [-0.3, -0.25) is 14.5 Å². The third-order valence-electron chi connectivity index (χ3n) is 5.63. The Bertz CT molecular complexity index is 1320. The van der Waals surface area contributed by atoms with Crippen LogP contribution in [0.15, 0.2) is 57.2 Å². The average Bonchev–Trinajstić information content (AvgIpc) is 3.31. The van der Waals surface area contributed by atoms with Gasteiger partial charge in [0, 0.05) is 30.9 Å². The molecule has 0 spiro atoms. The van der Waals surface area contributed by atoms with E-state index in [-0.39, 0.29) is 28.1 Å². The van der Waals surface area contributed by atoms with Gasteiger partial charge in [-0.15, -0.1) is 0 Å². The van der Waals surface area contributed by atoms with E-state index < -0.39 is 20.0 Å². The van der Waals surface area contributed by atoms with Crippen molar-refractivity contribution in [1.82, 2.24) is 9.03 Å². The Hall–Kier alpha value is -2.76. The predicted molar refractivity (Wildman–Crippen MR) is 121 cm³/mol. The topological polar surface area (TPSA) is 116 Å². The number of sulfonamides is 2. The Labute approximate surface area is 187 Å². The lowest BCUT2D eigenvalue weighted by Crippen LogP contribution is -2.32. The third-order valence-corrected chi connectivity index (χ3v) is 9.07. The molecule has 0 saturated carbocycles. The van der Waals surface area contributed by atoms with Crippen LogP contribution in [0.4, 0.5) is 5.69 Å². The quantitative estimate of drug-likeness (QED) is 0.676. The molecule has 4 rings (SSSR count). The fraction of sp³-hybridized carbons (Fsp3) is 0.333. The minimum atomic E-state index is -3.67. The molecule has 0 radical (unpaired) electrons. The molecule has 32 heavy (non-hydrogen) atoms. The summed E-state index contributed by atoms with van der Waals surface area (Å²) in [5.41, 5.74) is 1.88. The average molecular weight is 477 g/mol. The Morgan fingerprint density at radius 2 is 1.88 bits per heavy atom. The smallest absolute Gasteiger partial charge is 0.263 e. The summed E-state index contributed by atoms with van der Waals surface area (Å²) in [7, 11) is -7.25. The number of hydrogen-bond donors (Lipinski definition) is 1. The number of aliphatic imine (C=N–C) groups is 1. The van der Waals surface area contributed by atoms with Crippen molar-refractivity contribution in [3.05, 3.63) is 53.6 Å². The molecule has 0 atom stereocenters. The summed E-state index contributed by atoms with van der Waals surface area (Å²) in [5.74, 6) is -0.145. The van der Waals surface area contributed by atoms with Crippen molar-refractivity contribution >= 4 is 37.5 Å². The molecule has 1 amide bonds. The summed E-state index contributed by atoms with van der Waals surface area (Å²) in [6.07, 6.45) is 0.536. The molecule has 1 N–H and O–H groups in total.